The van der Waals surface area contributed by atoms with Crippen molar-refractivity contribution in [2.75, 3.05) is 0 Å². The molecule has 1 rings (SSSR count). The van der Waals surface area contributed by atoms with Crippen LogP contribution < -0.4 is 0 Å². The topological polar surface area (TPSA) is 13.1 Å². The molecule has 0 aromatic carbocycles. The van der Waals surface area contributed by atoms with Crippen molar-refractivity contribution in [1.29, 1.82) is 0 Å². The molecule has 1 aromatic heterocycles. The zero-order valence-corrected chi connectivity index (χ0v) is 5.19. The molecule has 2 heteroatoms. The smallest absolute Gasteiger partial charge is 0.0902 e. The van der Waals surface area contributed by atoms with Crippen molar-refractivity contribution in [3.05, 3.63) is 24.7 Å². The van der Waals surface area contributed by atoms with Gasteiger partial charge in [-0.2, -0.15) is 0 Å². The second-order valence-corrected chi connectivity index (χ2v) is 0.793. The molecule has 0 atom stereocenters. The summed E-state index contributed by atoms with van der Waals surface area (Å²) < 4.78 is 4.58. The van der Waals surface area contributed by atoms with Crippen LogP contribution in [0.5, 0.6) is 0 Å². The van der Waals surface area contributed by atoms with Gasteiger partial charge in [-0.3, -0.25) is 0 Å². The van der Waals surface area contributed by atoms with E-state index < -0.39 is 0 Å². The van der Waals surface area contributed by atoms with Gasteiger partial charge >= 0.3 is 0 Å². The second-order valence-electron chi connectivity index (χ2n) is 0.793. The van der Waals surface area contributed by atoms with E-state index in [2.05, 4.69) is 4.42 Å². The van der Waals surface area contributed by atoms with E-state index in [9.17, 15) is 0 Å². The van der Waals surface area contributed by atoms with Crippen LogP contribution in [0.2, 0.25) is 0 Å². The molecule has 0 fully saturated rings. The fourth-order valence-electron chi connectivity index (χ4n) is 0.227. The van der Waals surface area contributed by atoms with E-state index >= 15 is 0 Å². The predicted molar refractivity (Wildman–Crippen MR) is 18.7 cm³/mol. The van der Waals surface area contributed by atoms with Gasteiger partial charge in [0.1, 0.15) is 0 Å². The third kappa shape index (κ3) is 1.46. The summed E-state index contributed by atoms with van der Waals surface area (Å²) in [7, 11) is 0. The van der Waals surface area contributed by atoms with Crippen LogP contribution in [0.15, 0.2) is 29.1 Å². The van der Waals surface area contributed by atoms with Gasteiger partial charge in [-0.1, -0.05) is 0 Å². The van der Waals surface area contributed by atoms with Crippen LogP contribution in [-0.2, 0) is 22.4 Å². The summed E-state index contributed by atoms with van der Waals surface area (Å²) >= 11 is 0. The van der Waals surface area contributed by atoms with Crippen LogP contribution in [0, 0.1) is 0 Å². The maximum absolute atomic E-state index is 4.58. The first-order chi connectivity index (χ1) is 2.50. The maximum atomic E-state index is 4.58. The summed E-state index contributed by atoms with van der Waals surface area (Å²) in [6, 6.07) is 3.67. The predicted octanol–water partition coefficient (Wildman–Crippen LogP) is 1.28. The molecular formula is C4H4AuO. The fourth-order valence-corrected chi connectivity index (χ4v) is 0.227. The normalized spacial score (nSPS) is 6.67. The molecule has 0 amide bonds. The van der Waals surface area contributed by atoms with Crippen LogP contribution in [0.25, 0.3) is 0 Å². The number of hydrogen-bond donors (Lipinski definition) is 0. The minimum absolute atomic E-state index is 0. The molecule has 1 aromatic rings. The molecule has 37 valence electrons. The summed E-state index contributed by atoms with van der Waals surface area (Å²) in [5.74, 6) is 0. The van der Waals surface area contributed by atoms with Gasteiger partial charge in [-0.15, -0.1) is 0 Å². The van der Waals surface area contributed by atoms with Crippen molar-refractivity contribution >= 4 is 0 Å². The van der Waals surface area contributed by atoms with Crippen molar-refractivity contribution in [1.82, 2.24) is 0 Å². The van der Waals surface area contributed by atoms with E-state index in [0.29, 0.717) is 0 Å². The molecule has 0 saturated carbocycles. The largest absolute Gasteiger partial charge is 0.473 e. The van der Waals surface area contributed by atoms with E-state index in [1.54, 1.807) is 12.5 Å². The summed E-state index contributed by atoms with van der Waals surface area (Å²) in [5.41, 5.74) is 0. The quantitative estimate of drug-likeness (QED) is 0.644. The zero-order chi connectivity index (χ0) is 3.54. The zero-order valence-electron chi connectivity index (χ0n) is 3.02. The Hall–Kier alpha value is 0.0203. The van der Waals surface area contributed by atoms with Crippen LogP contribution in [0.1, 0.15) is 0 Å². The first-order valence-corrected chi connectivity index (χ1v) is 1.47. The first-order valence-electron chi connectivity index (χ1n) is 1.47. The fraction of sp³-hybridized carbons (Fsp3) is 0. The number of hydrogen-bond acceptors (Lipinski definition) is 1. The monoisotopic (exact) mass is 265 g/mol. The Kier molecular flexibility index (Phi) is 3.23. The Morgan fingerprint density at radius 3 is 1.67 bits per heavy atom. The second kappa shape index (κ2) is 3.22. The summed E-state index contributed by atoms with van der Waals surface area (Å²) in [4.78, 5) is 0. The molecule has 1 nitrogen and oxygen atoms in total. The first kappa shape index (κ1) is 6.02. The standard InChI is InChI=1S/C4H4O.Au/c1-2-4-5-3-1;/h1-4H;. The van der Waals surface area contributed by atoms with Gasteiger partial charge in [-0.05, 0) is 12.1 Å². The molecule has 6 heavy (non-hydrogen) atoms. The van der Waals surface area contributed by atoms with Gasteiger partial charge in [0.05, 0.1) is 12.5 Å². The summed E-state index contributed by atoms with van der Waals surface area (Å²) in [5, 5.41) is 0. The molecule has 0 aliphatic heterocycles. The van der Waals surface area contributed by atoms with Gasteiger partial charge in [0.15, 0.2) is 0 Å². The molecule has 0 N–H and O–H groups in total. The van der Waals surface area contributed by atoms with E-state index in [0.717, 1.165) is 0 Å². The van der Waals surface area contributed by atoms with Gasteiger partial charge in [-0.25, -0.2) is 0 Å². The molecule has 1 heterocycles. The van der Waals surface area contributed by atoms with E-state index in [-0.39, 0.29) is 22.4 Å². The Balaban J connectivity index is 0.000000250. The summed E-state index contributed by atoms with van der Waals surface area (Å²) in [6.07, 6.45) is 3.25. The van der Waals surface area contributed by atoms with Crippen molar-refractivity contribution in [2.24, 2.45) is 0 Å². The molecule has 0 bridgehead atoms. The van der Waals surface area contributed by atoms with Crippen molar-refractivity contribution in [3.8, 4) is 0 Å². The SMILES string of the molecule is [Au].c1ccoc1. The molecule has 0 unspecified atom stereocenters. The van der Waals surface area contributed by atoms with Crippen LogP contribution in [0.3, 0.4) is 0 Å². The molecule has 0 saturated heterocycles. The number of furan rings is 1. The van der Waals surface area contributed by atoms with Crippen LogP contribution in [0.4, 0.5) is 0 Å². The minimum Gasteiger partial charge on any atom is -0.473 e. The Morgan fingerprint density at radius 2 is 1.50 bits per heavy atom. The van der Waals surface area contributed by atoms with Gasteiger partial charge in [0, 0.05) is 22.4 Å². The molecule has 0 aliphatic carbocycles. The van der Waals surface area contributed by atoms with Crippen molar-refractivity contribution in [3.63, 3.8) is 0 Å². The molecule has 1 radical (unpaired) electrons. The van der Waals surface area contributed by atoms with Crippen LogP contribution in [-0.4, -0.2) is 0 Å². The van der Waals surface area contributed by atoms with E-state index in [4.69, 9.17) is 0 Å². The van der Waals surface area contributed by atoms with E-state index in [1.807, 2.05) is 12.1 Å². The van der Waals surface area contributed by atoms with Gasteiger partial charge < -0.3 is 4.42 Å². The molecule has 0 aliphatic rings. The van der Waals surface area contributed by atoms with Gasteiger partial charge in [0.2, 0.25) is 0 Å². The Bertz CT molecular complexity index is 64.0. The molecular weight excluding hydrogens is 261 g/mol. The maximum Gasteiger partial charge on any atom is 0.0902 e. The van der Waals surface area contributed by atoms with Crippen molar-refractivity contribution in [2.45, 2.75) is 0 Å². The Labute approximate surface area is 51.9 Å². The van der Waals surface area contributed by atoms with E-state index in [1.165, 1.54) is 0 Å². The third-order valence-corrected chi connectivity index (χ3v) is 0.425. The van der Waals surface area contributed by atoms with Crippen molar-refractivity contribution < 1.29 is 26.8 Å². The van der Waals surface area contributed by atoms with Gasteiger partial charge in [0.25, 0.3) is 0 Å². The Morgan fingerprint density at radius 1 is 1.00 bits per heavy atom. The van der Waals surface area contributed by atoms with Crippen LogP contribution >= 0.6 is 0 Å². The number of rotatable bonds is 0. The third-order valence-electron chi connectivity index (χ3n) is 0.425. The average molecular weight is 265 g/mol. The summed E-state index contributed by atoms with van der Waals surface area (Å²) in [6.45, 7) is 0. The average Bonchev–Trinajstić information content (AvgIpc) is 1.76. The minimum atomic E-state index is 0. The molecule has 0 spiro atoms.